The maximum atomic E-state index is 12.2. The molecular formula is C23H30N4O3. The number of hydrogen-bond acceptors (Lipinski definition) is 4. The molecule has 1 saturated heterocycles. The Balaban J connectivity index is 1.38. The van der Waals surface area contributed by atoms with Gasteiger partial charge < -0.3 is 25.0 Å². The van der Waals surface area contributed by atoms with Gasteiger partial charge in [0, 0.05) is 39.5 Å². The lowest BCUT2D eigenvalue weighted by Gasteiger charge is -2.34. The highest BCUT2D eigenvalue weighted by atomic mass is 16.5. The van der Waals surface area contributed by atoms with E-state index in [0.29, 0.717) is 6.54 Å². The third kappa shape index (κ3) is 6.40. The molecule has 2 aromatic carbocycles. The molecule has 1 aliphatic rings. The SMILES string of the molecule is CN=C(NCC(=O)NCc1ccc(OC)cc1)N1CCC(Oc2ccccc2)CC1. The van der Waals surface area contributed by atoms with Gasteiger partial charge in [-0.2, -0.15) is 0 Å². The zero-order valence-electron chi connectivity index (χ0n) is 17.6. The van der Waals surface area contributed by atoms with E-state index in [1.54, 1.807) is 14.2 Å². The fraction of sp³-hybridized carbons (Fsp3) is 0.391. The number of para-hydroxylation sites is 1. The minimum absolute atomic E-state index is 0.0748. The highest BCUT2D eigenvalue weighted by molar-refractivity contribution is 5.86. The molecule has 1 fully saturated rings. The predicted molar refractivity (Wildman–Crippen MR) is 118 cm³/mol. The molecular weight excluding hydrogens is 380 g/mol. The van der Waals surface area contributed by atoms with Crippen molar-refractivity contribution in [3.05, 3.63) is 60.2 Å². The number of amides is 1. The topological polar surface area (TPSA) is 75.2 Å². The Morgan fingerprint density at radius 2 is 1.73 bits per heavy atom. The van der Waals surface area contributed by atoms with Crippen molar-refractivity contribution in [2.75, 3.05) is 33.8 Å². The summed E-state index contributed by atoms with van der Waals surface area (Å²) in [5.41, 5.74) is 1.02. The largest absolute Gasteiger partial charge is 0.497 e. The molecule has 0 unspecified atom stereocenters. The first-order valence-electron chi connectivity index (χ1n) is 10.2. The van der Waals surface area contributed by atoms with Gasteiger partial charge in [-0.15, -0.1) is 0 Å². The number of nitrogens with one attached hydrogen (secondary N) is 2. The maximum absolute atomic E-state index is 12.2. The van der Waals surface area contributed by atoms with Crippen molar-refractivity contribution in [2.24, 2.45) is 4.99 Å². The molecule has 1 heterocycles. The fourth-order valence-corrected chi connectivity index (χ4v) is 3.38. The Morgan fingerprint density at radius 1 is 1.03 bits per heavy atom. The normalized spacial score (nSPS) is 14.9. The van der Waals surface area contributed by atoms with Gasteiger partial charge in [-0.1, -0.05) is 30.3 Å². The van der Waals surface area contributed by atoms with E-state index >= 15 is 0 Å². The number of piperidine rings is 1. The molecule has 7 nitrogen and oxygen atoms in total. The van der Waals surface area contributed by atoms with Crippen LogP contribution in [0, 0.1) is 0 Å². The van der Waals surface area contributed by atoms with Gasteiger partial charge in [-0.3, -0.25) is 9.79 Å². The van der Waals surface area contributed by atoms with Gasteiger partial charge in [0.1, 0.15) is 17.6 Å². The zero-order valence-corrected chi connectivity index (χ0v) is 17.6. The van der Waals surface area contributed by atoms with E-state index in [1.165, 1.54) is 0 Å². The minimum Gasteiger partial charge on any atom is -0.497 e. The van der Waals surface area contributed by atoms with Gasteiger partial charge >= 0.3 is 0 Å². The van der Waals surface area contributed by atoms with Crippen LogP contribution in [0.2, 0.25) is 0 Å². The molecule has 3 rings (SSSR count). The van der Waals surface area contributed by atoms with E-state index in [0.717, 1.165) is 49.0 Å². The molecule has 1 aliphatic heterocycles. The second-order valence-electron chi connectivity index (χ2n) is 7.14. The first kappa shape index (κ1) is 21.5. The summed E-state index contributed by atoms with van der Waals surface area (Å²) < 4.78 is 11.2. The van der Waals surface area contributed by atoms with Crippen molar-refractivity contribution < 1.29 is 14.3 Å². The minimum atomic E-state index is -0.0748. The van der Waals surface area contributed by atoms with Crippen LogP contribution in [0.1, 0.15) is 18.4 Å². The van der Waals surface area contributed by atoms with Crippen LogP contribution in [-0.4, -0.2) is 56.7 Å². The monoisotopic (exact) mass is 410 g/mol. The second kappa shape index (κ2) is 11.1. The smallest absolute Gasteiger partial charge is 0.239 e. The molecule has 0 aliphatic carbocycles. The molecule has 0 bridgehead atoms. The van der Waals surface area contributed by atoms with Crippen molar-refractivity contribution in [1.82, 2.24) is 15.5 Å². The Kier molecular flexibility index (Phi) is 7.94. The van der Waals surface area contributed by atoms with E-state index in [2.05, 4.69) is 20.5 Å². The Bertz CT molecular complexity index is 816. The van der Waals surface area contributed by atoms with E-state index in [4.69, 9.17) is 9.47 Å². The summed E-state index contributed by atoms with van der Waals surface area (Å²) in [4.78, 5) is 18.7. The lowest BCUT2D eigenvalue weighted by atomic mass is 10.1. The number of hydrogen-bond donors (Lipinski definition) is 2. The predicted octanol–water partition coefficient (Wildman–Crippen LogP) is 2.43. The van der Waals surface area contributed by atoms with Gasteiger partial charge in [0.25, 0.3) is 0 Å². The van der Waals surface area contributed by atoms with Gasteiger partial charge in [-0.05, 0) is 29.8 Å². The average Bonchev–Trinajstić information content (AvgIpc) is 2.80. The van der Waals surface area contributed by atoms with Crippen LogP contribution in [0.15, 0.2) is 59.6 Å². The number of guanidine groups is 1. The van der Waals surface area contributed by atoms with Crippen molar-refractivity contribution in [3.8, 4) is 11.5 Å². The summed E-state index contributed by atoms with van der Waals surface area (Å²) >= 11 is 0. The summed E-state index contributed by atoms with van der Waals surface area (Å²) in [6.07, 6.45) is 2.04. The molecule has 0 spiro atoms. The molecule has 2 N–H and O–H groups in total. The summed E-state index contributed by atoms with van der Waals surface area (Å²) in [6.45, 7) is 2.34. The van der Waals surface area contributed by atoms with Gasteiger partial charge in [0.05, 0.1) is 13.7 Å². The summed E-state index contributed by atoms with van der Waals surface area (Å²) in [6, 6.07) is 17.6. The Morgan fingerprint density at radius 3 is 2.37 bits per heavy atom. The molecule has 7 heteroatoms. The lowest BCUT2D eigenvalue weighted by molar-refractivity contribution is -0.120. The van der Waals surface area contributed by atoms with Crippen molar-refractivity contribution in [2.45, 2.75) is 25.5 Å². The number of carbonyl (C=O) groups is 1. The fourth-order valence-electron chi connectivity index (χ4n) is 3.38. The van der Waals surface area contributed by atoms with Crippen molar-refractivity contribution in [3.63, 3.8) is 0 Å². The number of nitrogens with zero attached hydrogens (tertiary/aromatic N) is 2. The molecule has 160 valence electrons. The first-order valence-corrected chi connectivity index (χ1v) is 10.2. The van der Waals surface area contributed by atoms with E-state index in [1.807, 2.05) is 54.6 Å². The Labute approximate surface area is 178 Å². The number of benzene rings is 2. The van der Waals surface area contributed by atoms with Crippen LogP contribution < -0.4 is 20.1 Å². The zero-order chi connectivity index (χ0) is 21.2. The van der Waals surface area contributed by atoms with Crippen molar-refractivity contribution >= 4 is 11.9 Å². The second-order valence-corrected chi connectivity index (χ2v) is 7.14. The Hall–Kier alpha value is -3.22. The van der Waals surface area contributed by atoms with Crippen LogP contribution in [-0.2, 0) is 11.3 Å². The third-order valence-corrected chi connectivity index (χ3v) is 5.06. The molecule has 30 heavy (non-hydrogen) atoms. The van der Waals surface area contributed by atoms with Crippen molar-refractivity contribution in [1.29, 1.82) is 0 Å². The van der Waals surface area contributed by atoms with Crippen LogP contribution in [0.25, 0.3) is 0 Å². The molecule has 0 saturated carbocycles. The highest BCUT2D eigenvalue weighted by Gasteiger charge is 2.23. The maximum Gasteiger partial charge on any atom is 0.239 e. The molecule has 0 aromatic heterocycles. The average molecular weight is 411 g/mol. The summed E-state index contributed by atoms with van der Waals surface area (Å²) in [5, 5.41) is 6.08. The number of likely N-dealkylation sites (tertiary alicyclic amines) is 1. The van der Waals surface area contributed by atoms with Gasteiger partial charge in [0.15, 0.2) is 5.96 Å². The van der Waals surface area contributed by atoms with Gasteiger partial charge in [-0.25, -0.2) is 0 Å². The lowest BCUT2D eigenvalue weighted by Crippen LogP contribution is -2.49. The van der Waals surface area contributed by atoms with Crippen LogP contribution in [0.3, 0.4) is 0 Å². The first-order chi connectivity index (χ1) is 14.7. The molecule has 2 aromatic rings. The third-order valence-electron chi connectivity index (χ3n) is 5.06. The number of methoxy groups -OCH3 is 1. The van der Waals surface area contributed by atoms with E-state index in [9.17, 15) is 4.79 Å². The number of carbonyl (C=O) groups excluding carboxylic acids is 1. The van der Waals surface area contributed by atoms with Crippen LogP contribution >= 0.6 is 0 Å². The highest BCUT2D eigenvalue weighted by Crippen LogP contribution is 2.18. The number of rotatable bonds is 7. The summed E-state index contributed by atoms with van der Waals surface area (Å²) in [7, 11) is 3.37. The van der Waals surface area contributed by atoms with Crippen LogP contribution in [0.4, 0.5) is 0 Å². The standard InChI is InChI=1S/C23H30N4O3/c1-24-23(26-17-22(28)25-16-18-8-10-19(29-2)11-9-18)27-14-12-21(13-15-27)30-20-6-4-3-5-7-20/h3-11,21H,12-17H2,1-2H3,(H,24,26)(H,25,28). The molecule has 0 atom stereocenters. The van der Waals surface area contributed by atoms with E-state index in [-0.39, 0.29) is 18.6 Å². The quantitative estimate of drug-likeness (QED) is 0.542. The number of aliphatic imine (C=N–C) groups is 1. The van der Waals surface area contributed by atoms with Crippen LogP contribution in [0.5, 0.6) is 11.5 Å². The van der Waals surface area contributed by atoms with E-state index < -0.39 is 0 Å². The molecule has 1 amide bonds. The molecule has 0 radical (unpaired) electrons. The number of ether oxygens (including phenoxy) is 2. The van der Waals surface area contributed by atoms with Gasteiger partial charge in [0.2, 0.25) is 5.91 Å². The summed E-state index contributed by atoms with van der Waals surface area (Å²) in [5.74, 6) is 2.38.